The Hall–Kier alpha value is -2.85. The van der Waals surface area contributed by atoms with Gasteiger partial charge in [-0.2, -0.15) is 9.57 Å². The van der Waals surface area contributed by atoms with E-state index in [4.69, 9.17) is 5.26 Å². The number of amides is 2. The van der Waals surface area contributed by atoms with Gasteiger partial charge in [-0.25, -0.2) is 13.2 Å². The smallest absolute Gasteiger partial charge is 0.278 e. The van der Waals surface area contributed by atoms with Gasteiger partial charge in [-0.05, 0) is 36.2 Å². The Morgan fingerprint density at radius 2 is 1.75 bits per heavy atom. The molecule has 1 aliphatic heterocycles. The summed E-state index contributed by atoms with van der Waals surface area (Å²) in [6.07, 6.45) is 0.810. The maximum absolute atomic E-state index is 12.9. The lowest BCUT2D eigenvalue weighted by molar-refractivity contribution is 0.254. The van der Waals surface area contributed by atoms with Gasteiger partial charge >= 0.3 is 6.03 Å². The van der Waals surface area contributed by atoms with Crippen LogP contribution in [0.25, 0.3) is 0 Å². The minimum Gasteiger partial charge on any atom is -0.278 e. The van der Waals surface area contributed by atoms with Crippen molar-refractivity contribution in [1.82, 2.24) is 0 Å². The van der Waals surface area contributed by atoms with Gasteiger partial charge in [-0.3, -0.25) is 4.90 Å². The number of nitriles is 1. The molecule has 0 aliphatic carbocycles. The average molecular weight is 341 g/mol. The van der Waals surface area contributed by atoms with Crippen molar-refractivity contribution >= 4 is 27.4 Å². The molecule has 0 unspecified atom stereocenters. The molecular formula is C17H15N3O3S. The third-order valence-corrected chi connectivity index (χ3v) is 5.64. The predicted octanol–water partition coefficient (Wildman–Crippen LogP) is 2.91. The number of carbonyl (C=O) groups is 1. The average Bonchev–Trinajstić information content (AvgIpc) is 2.59. The minimum absolute atomic E-state index is 0.0134. The molecule has 1 aliphatic rings. The summed E-state index contributed by atoms with van der Waals surface area (Å²) in [7, 11) is -4.02. The summed E-state index contributed by atoms with van der Waals surface area (Å²) < 4.78 is 26.6. The Kier molecular flexibility index (Phi) is 3.99. The number of anilines is 2. The maximum atomic E-state index is 12.9. The normalized spacial score (nSPS) is 15.8. The first kappa shape index (κ1) is 16.0. The zero-order valence-corrected chi connectivity index (χ0v) is 13.8. The van der Waals surface area contributed by atoms with Gasteiger partial charge in [0.05, 0.1) is 17.4 Å². The van der Waals surface area contributed by atoms with Crippen molar-refractivity contribution in [3.05, 3.63) is 54.1 Å². The zero-order chi connectivity index (χ0) is 17.3. The fraction of sp³-hybridized carbons (Fsp3) is 0.176. The molecule has 7 heteroatoms. The van der Waals surface area contributed by atoms with Crippen LogP contribution in [0.5, 0.6) is 0 Å². The van der Waals surface area contributed by atoms with Gasteiger partial charge in [0.25, 0.3) is 10.0 Å². The van der Waals surface area contributed by atoms with Crippen molar-refractivity contribution in [3.63, 3.8) is 0 Å². The van der Waals surface area contributed by atoms with E-state index in [0.29, 0.717) is 0 Å². The first-order valence-electron chi connectivity index (χ1n) is 7.42. The van der Waals surface area contributed by atoms with Crippen LogP contribution in [-0.4, -0.2) is 21.0 Å². The van der Waals surface area contributed by atoms with E-state index in [9.17, 15) is 13.2 Å². The molecule has 0 N–H and O–H groups in total. The van der Waals surface area contributed by atoms with Gasteiger partial charge in [0, 0.05) is 0 Å². The number of aryl methyl sites for hydroxylation is 1. The van der Waals surface area contributed by atoms with Crippen molar-refractivity contribution in [2.24, 2.45) is 0 Å². The number of urea groups is 1. The van der Waals surface area contributed by atoms with Gasteiger partial charge in [-0.15, -0.1) is 0 Å². The lowest BCUT2D eigenvalue weighted by Gasteiger charge is -2.35. The highest BCUT2D eigenvalue weighted by molar-refractivity contribution is 7.94. The van der Waals surface area contributed by atoms with Crippen LogP contribution in [0.15, 0.2) is 53.4 Å². The van der Waals surface area contributed by atoms with E-state index >= 15 is 0 Å². The molecule has 24 heavy (non-hydrogen) atoms. The summed E-state index contributed by atoms with van der Waals surface area (Å²) in [6, 6.07) is 14.1. The van der Waals surface area contributed by atoms with E-state index in [1.807, 2.05) is 13.0 Å². The van der Waals surface area contributed by atoms with E-state index in [1.54, 1.807) is 36.4 Å². The summed E-state index contributed by atoms with van der Waals surface area (Å²) in [5.41, 5.74) is 1.52. The summed E-state index contributed by atoms with van der Waals surface area (Å²) in [5.74, 6) is 0. The van der Waals surface area contributed by atoms with Crippen LogP contribution < -0.4 is 9.21 Å². The zero-order valence-electron chi connectivity index (χ0n) is 13.0. The Morgan fingerprint density at radius 1 is 1.08 bits per heavy atom. The van der Waals surface area contributed by atoms with Crippen LogP contribution >= 0.6 is 0 Å². The minimum atomic E-state index is -4.02. The van der Waals surface area contributed by atoms with Crippen LogP contribution in [0.1, 0.15) is 12.5 Å². The van der Waals surface area contributed by atoms with E-state index < -0.39 is 16.1 Å². The molecule has 0 spiro atoms. The number of hydrogen-bond acceptors (Lipinski definition) is 4. The largest absolute Gasteiger partial charge is 0.344 e. The quantitative estimate of drug-likeness (QED) is 0.804. The second kappa shape index (κ2) is 5.98. The van der Waals surface area contributed by atoms with Crippen molar-refractivity contribution in [2.75, 3.05) is 15.7 Å². The van der Waals surface area contributed by atoms with Gasteiger partial charge in [0.1, 0.15) is 11.4 Å². The number of sulfonamides is 1. The second-order valence-electron chi connectivity index (χ2n) is 5.28. The molecule has 0 saturated carbocycles. The van der Waals surface area contributed by atoms with Crippen molar-refractivity contribution < 1.29 is 13.2 Å². The van der Waals surface area contributed by atoms with Crippen LogP contribution in [-0.2, 0) is 16.4 Å². The van der Waals surface area contributed by atoms with E-state index in [1.165, 1.54) is 17.0 Å². The maximum Gasteiger partial charge on any atom is 0.344 e. The van der Waals surface area contributed by atoms with Crippen LogP contribution in [0, 0.1) is 11.3 Å². The molecule has 2 aromatic carbocycles. The molecule has 0 atom stereocenters. The van der Waals surface area contributed by atoms with Gasteiger partial charge in [0.15, 0.2) is 0 Å². The molecular weight excluding hydrogens is 326 g/mol. The molecule has 0 fully saturated rings. The predicted molar refractivity (Wildman–Crippen MR) is 90.3 cm³/mol. The van der Waals surface area contributed by atoms with E-state index in [2.05, 4.69) is 0 Å². The molecule has 122 valence electrons. The third kappa shape index (κ3) is 2.41. The van der Waals surface area contributed by atoms with E-state index in [0.717, 1.165) is 16.3 Å². The third-order valence-electron chi connectivity index (χ3n) is 3.89. The fourth-order valence-electron chi connectivity index (χ4n) is 2.65. The molecule has 0 aromatic heterocycles. The summed E-state index contributed by atoms with van der Waals surface area (Å²) >= 11 is 0. The van der Waals surface area contributed by atoms with Crippen LogP contribution in [0.3, 0.4) is 0 Å². The topological polar surface area (TPSA) is 81.5 Å². The molecule has 0 saturated heterocycles. The first-order chi connectivity index (χ1) is 11.5. The second-order valence-corrected chi connectivity index (χ2v) is 7.04. The highest BCUT2D eigenvalue weighted by Gasteiger charge is 2.42. The van der Waals surface area contributed by atoms with Gasteiger partial charge in [0.2, 0.25) is 0 Å². The van der Waals surface area contributed by atoms with Crippen LogP contribution in [0.2, 0.25) is 0 Å². The monoisotopic (exact) mass is 341 g/mol. The molecule has 0 radical (unpaired) electrons. The molecule has 1 heterocycles. The number of rotatable bonds is 3. The van der Waals surface area contributed by atoms with Gasteiger partial charge in [-0.1, -0.05) is 31.2 Å². The molecule has 3 rings (SSSR count). The van der Waals surface area contributed by atoms with Crippen molar-refractivity contribution in [3.8, 4) is 6.07 Å². The van der Waals surface area contributed by atoms with Crippen LogP contribution in [0.4, 0.5) is 16.2 Å². The highest BCUT2D eigenvalue weighted by atomic mass is 32.2. The molecule has 6 nitrogen and oxygen atoms in total. The summed E-state index contributed by atoms with van der Waals surface area (Å²) in [5, 5.41) is 9.01. The number of carbonyl (C=O) groups excluding carboxylic acids is 1. The number of nitrogens with zero attached hydrogens (tertiary/aromatic N) is 3. The Bertz CT molecular complexity index is 930. The highest BCUT2D eigenvalue weighted by Crippen LogP contribution is 2.36. The lowest BCUT2D eigenvalue weighted by Crippen LogP contribution is -2.51. The summed E-state index contributed by atoms with van der Waals surface area (Å²) in [6.45, 7) is 1.76. The van der Waals surface area contributed by atoms with E-state index in [-0.39, 0.29) is 22.8 Å². The lowest BCUT2D eigenvalue weighted by atomic mass is 10.1. The van der Waals surface area contributed by atoms with Crippen molar-refractivity contribution in [1.29, 1.82) is 5.26 Å². The standard InChI is InChI=1S/C17H15N3O3S/c1-2-13-7-9-14(10-8-13)20-17(21)19(12-11-18)15-5-3-4-6-16(15)24(20,22)23/h3-10H,2,12H2,1H3. The first-order valence-corrected chi connectivity index (χ1v) is 8.86. The Morgan fingerprint density at radius 3 is 2.38 bits per heavy atom. The summed E-state index contributed by atoms with van der Waals surface area (Å²) in [4.78, 5) is 14.0. The Balaban J connectivity index is 2.19. The number of benzene rings is 2. The number of hydrogen-bond donors (Lipinski definition) is 0. The van der Waals surface area contributed by atoms with Gasteiger partial charge < -0.3 is 0 Å². The number of para-hydroxylation sites is 1. The fourth-order valence-corrected chi connectivity index (χ4v) is 4.25. The molecule has 0 bridgehead atoms. The SMILES string of the molecule is CCc1ccc(N2C(=O)N(CC#N)c3ccccc3S2(=O)=O)cc1. The Labute approximate surface area is 140 Å². The molecule has 2 aromatic rings. The molecule has 2 amide bonds. The van der Waals surface area contributed by atoms with Crippen molar-refractivity contribution in [2.45, 2.75) is 18.2 Å². The number of fused-ring (bicyclic) bond motifs is 1.